The first-order valence-corrected chi connectivity index (χ1v) is 5.41. The third-order valence-corrected chi connectivity index (χ3v) is 3.04. The molecular formula is C13H20N. The second-order valence-corrected chi connectivity index (χ2v) is 3.93. The van der Waals surface area contributed by atoms with Crippen molar-refractivity contribution in [3.05, 3.63) is 28.8 Å². The fourth-order valence-corrected chi connectivity index (χ4v) is 1.92. The van der Waals surface area contributed by atoms with Crippen molar-refractivity contribution in [3.63, 3.8) is 0 Å². The molecule has 0 aliphatic carbocycles. The molecule has 0 aliphatic heterocycles. The summed E-state index contributed by atoms with van der Waals surface area (Å²) in [6, 6.07) is 5.16. The number of rotatable bonds is 3. The molecule has 1 heteroatoms. The average Bonchev–Trinajstić information content (AvgIpc) is 2.20. The van der Waals surface area contributed by atoms with Crippen LogP contribution in [-0.4, -0.2) is 0 Å². The van der Waals surface area contributed by atoms with E-state index in [0.717, 1.165) is 18.5 Å². The lowest BCUT2D eigenvalue weighted by Crippen LogP contribution is -2.04. The van der Waals surface area contributed by atoms with E-state index < -0.39 is 0 Å². The Morgan fingerprint density at radius 2 is 2.07 bits per heavy atom. The molecule has 1 atom stereocenters. The standard InChI is InChI=1S/C13H20N/c1-5-9(3)13-10(4)12(14)8-7-11(13)6-2/h7,9H,5-6,14H2,1-4H3. The summed E-state index contributed by atoms with van der Waals surface area (Å²) >= 11 is 0. The van der Waals surface area contributed by atoms with Crippen LogP contribution >= 0.6 is 0 Å². The normalized spacial score (nSPS) is 12.9. The summed E-state index contributed by atoms with van der Waals surface area (Å²) in [5.74, 6) is 0.599. The Labute approximate surface area is 87.3 Å². The van der Waals surface area contributed by atoms with Crippen molar-refractivity contribution in [1.29, 1.82) is 0 Å². The fraction of sp³-hybridized carbons (Fsp3) is 0.538. The van der Waals surface area contributed by atoms with Crippen LogP contribution in [0.5, 0.6) is 0 Å². The molecule has 0 amide bonds. The Morgan fingerprint density at radius 1 is 1.43 bits per heavy atom. The lowest BCUT2D eigenvalue weighted by Gasteiger charge is -2.18. The van der Waals surface area contributed by atoms with Crippen molar-refractivity contribution in [2.45, 2.75) is 46.5 Å². The van der Waals surface area contributed by atoms with Gasteiger partial charge in [-0.05, 0) is 48.4 Å². The molecule has 0 saturated heterocycles. The summed E-state index contributed by atoms with van der Waals surface area (Å²) in [6.07, 6.45) is 2.23. The van der Waals surface area contributed by atoms with Crippen molar-refractivity contribution in [2.24, 2.45) is 0 Å². The third kappa shape index (κ3) is 1.92. The zero-order valence-electron chi connectivity index (χ0n) is 9.65. The molecule has 0 aliphatic rings. The molecule has 1 rings (SSSR count). The van der Waals surface area contributed by atoms with Crippen molar-refractivity contribution in [3.8, 4) is 0 Å². The van der Waals surface area contributed by atoms with Gasteiger partial charge in [0.1, 0.15) is 0 Å². The molecule has 1 nitrogen and oxygen atoms in total. The molecule has 0 bridgehead atoms. The maximum absolute atomic E-state index is 5.88. The van der Waals surface area contributed by atoms with Gasteiger partial charge in [0, 0.05) is 11.8 Å². The molecule has 0 saturated carbocycles. The van der Waals surface area contributed by atoms with Crippen LogP contribution in [0.25, 0.3) is 0 Å². The van der Waals surface area contributed by atoms with Gasteiger partial charge in [-0.3, -0.25) is 0 Å². The van der Waals surface area contributed by atoms with Gasteiger partial charge in [0.15, 0.2) is 0 Å². The predicted octanol–water partition coefficient (Wildman–Crippen LogP) is 3.45. The summed E-state index contributed by atoms with van der Waals surface area (Å²) in [5.41, 5.74) is 10.7. The third-order valence-electron chi connectivity index (χ3n) is 3.04. The first-order valence-electron chi connectivity index (χ1n) is 5.41. The van der Waals surface area contributed by atoms with Crippen LogP contribution in [-0.2, 0) is 6.42 Å². The van der Waals surface area contributed by atoms with Crippen LogP contribution in [0.15, 0.2) is 6.07 Å². The van der Waals surface area contributed by atoms with Gasteiger partial charge in [-0.15, -0.1) is 0 Å². The van der Waals surface area contributed by atoms with E-state index in [2.05, 4.69) is 33.8 Å². The van der Waals surface area contributed by atoms with Gasteiger partial charge in [0.25, 0.3) is 0 Å². The number of benzene rings is 1. The van der Waals surface area contributed by atoms with Gasteiger partial charge in [-0.2, -0.15) is 0 Å². The van der Waals surface area contributed by atoms with Crippen molar-refractivity contribution in [1.82, 2.24) is 0 Å². The highest BCUT2D eigenvalue weighted by Gasteiger charge is 2.12. The smallest absolute Gasteiger partial charge is 0.0427 e. The van der Waals surface area contributed by atoms with Gasteiger partial charge >= 0.3 is 0 Å². The average molecular weight is 190 g/mol. The highest BCUT2D eigenvalue weighted by molar-refractivity contribution is 5.53. The number of nitrogen functional groups attached to an aromatic ring is 1. The van der Waals surface area contributed by atoms with Crippen LogP contribution in [0, 0.1) is 13.0 Å². The molecule has 0 heterocycles. The Bertz CT molecular complexity index is 315. The highest BCUT2D eigenvalue weighted by atomic mass is 14.6. The Morgan fingerprint density at radius 3 is 2.57 bits per heavy atom. The Kier molecular flexibility index (Phi) is 3.56. The maximum atomic E-state index is 5.88. The van der Waals surface area contributed by atoms with E-state index in [0.29, 0.717) is 5.92 Å². The number of nitrogens with two attached hydrogens (primary N) is 1. The van der Waals surface area contributed by atoms with Crippen molar-refractivity contribution in [2.75, 3.05) is 5.73 Å². The Hall–Kier alpha value is -0.980. The largest absolute Gasteiger partial charge is 0.398 e. The zero-order valence-corrected chi connectivity index (χ0v) is 9.65. The second-order valence-electron chi connectivity index (χ2n) is 3.93. The zero-order chi connectivity index (χ0) is 10.7. The van der Waals surface area contributed by atoms with E-state index in [9.17, 15) is 0 Å². The van der Waals surface area contributed by atoms with E-state index in [1.165, 1.54) is 16.7 Å². The number of hydrogen-bond acceptors (Lipinski definition) is 1. The number of anilines is 1. The molecule has 0 spiro atoms. The van der Waals surface area contributed by atoms with E-state index >= 15 is 0 Å². The van der Waals surface area contributed by atoms with E-state index in [-0.39, 0.29) is 0 Å². The first kappa shape index (κ1) is 11.1. The molecule has 77 valence electrons. The Balaban J connectivity index is 3.27. The van der Waals surface area contributed by atoms with Crippen LogP contribution in [0.2, 0.25) is 0 Å². The molecule has 1 aromatic rings. The molecule has 2 N–H and O–H groups in total. The van der Waals surface area contributed by atoms with Gasteiger partial charge in [-0.1, -0.05) is 20.8 Å². The SMILES string of the molecule is CCc1c[c]c(N)c(C)c1C(C)CC. The van der Waals surface area contributed by atoms with Crippen molar-refractivity contribution >= 4 is 5.69 Å². The van der Waals surface area contributed by atoms with Gasteiger partial charge in [0.2, 0.25) is 0 Å². The van der Waals surface area contributed by atoms with Gasteiger partial charge in [-0.25, -0.2) is 0 Å². The lowest BCUT2D eigenvalue weighted by atomic mass is 9.88. The minimum atomic E-state index is 0.599. The number of aryl methyl sites for hydroxylation is 1. The topological polar surface area (TPSA) is 26.0 Å². The fourth-order valence-electron chi connectivity index (χ4n) is 1.92. The number of hydrogen-bond donors (Lipinski definition) is 1. The molecule has 1 radical (unpaired) electrons. The molecule has 0 fully saturated rings. The molecule has 1 aromatic carbocycles. The molecular weight excluding hydrogens is 170 g/mol. The van der Waals surface area contributed by atoms with E-state index in [1.807, 2.05) is 6.07 Å². The summed E-state index contributed by atoms with van der Waals surface area (Å²) in [5, 5.41) is 0. The summed E-state index contributed by atoms with van der Waals surface area (Å²) in [7, 11) is 0. The minimum Gasteiger partial charge on any atom is -0.398 e. The highest BCUT2D eigenvalue weighted by Crippen LogP contribution is 2.29. The summed E-state index contributed by atoms with van der Waals surface area (Å²) in [4.78, 5) is 0. The quantitative estimate of drug-likeness (QED) is 0.726. The van der Waals surface area contributed by atoms with E-state index in [1.54, 1.807) is 0 Å². The summed E-state index contributed by atoms with van der Waals surface area (Å²) in [6.45, 7) is 8.77. The predicted molar refractivity (Wildman–Crippen MR) is 62.5 cm³/mol. The maximum Gasteiger partial charge on any atom is 0.0427 e. The summed E-state index contributed by atoms with van der Waals surface area (Å²) < 4.78 is 0. The van der Waals surface area contributed by atoms with Gasteiger partial charge in [0.05, 0.1) is 0 Å². The first-order chi connectivity index (χ1) is 6.61. The van der Waals surface area contributed by atoms with Gasteiger partial charge < -0.3 is 5.73 Å². The lowest BCUT2D eigenvalue weighted by molar-refractivity contribution is 0.718. The van der Waals surface area contributed by atoms with Crippen LogP contribution in [0.4, 0.5) is 5.69 Å². The van der Waals surface area contributed by atoms with Crippen LogP contribution < -0.4 is 5.73 Å². The van der Waals surface area contributed by atoms with Crippen LogP contribution in [0.1, 0.15) is 49.8 Å². The molecule has 0 aromatic heterocycles. The van der Waals surface area contributed by atoms with Crippen LogP contribution in [0.3, 0.4) is 0 Å². The minimum absolute atomic E-state index is 0.599. The van der Waals surface area contributed by atoms with Crippen molar-refractivity contribution < 1.29 is 0 Å². The molecule has 14 heavy (non-hydrogen) atoms. The second kappa shape index (κ2) is 4.50. The monoisotopic (exact) mass is 190 g/mol. The molecule has 1 unspecified atom stereocenters. The van der Waals surface area contributed by atoms with E-state index in [4.69, 9.17) is 5.73 Å².